The first-order valence-corrected chi connectivity index (χ1v) is 8.25. The molecule has 0 N–H and O–H groups in total. The highest BCUT2D eigenvalue weighted by atomic mass is 79.9. The summed E-state index contributed by atoms with van der Waals surface area (Å²) in [6.07, 6.45) is 0. The van der Waals surface area contributed by atoms with Gasteiger partial charge >= 0.3 is 0 Å². The normalized spacial score (nSPS) is 10.9. The molecule has 0 spiro atoms. The highest BCUT2D eigenvalue weighted by Gasteiger charge is 2.22. The van der Waals surface area contributed by atoms with Crippen LogP contribution < -0.4 is 0 Å². The first-order chi connectivity index (χ1) is 9.38. The molecule has 20 heavy (non-hydrogen) atoms. The molecule has 0 aliphatic rings. The van der Waals surface area contributed by atoms with E-state index in [4.69, 9.17) is 58.0 Å². The Morgan fingerprint density at radius 1 is 0.850 bits per heavy atom. The van der Waals surface area contributed by atoms with Crippen LogP contribution in [0.25, 0.3) is 11.1 Å². The van der Waals surface area contributed by atoms with Crippen LogP contribution in [0.15, 0.2) is 18.2 Å². The number of rotatable bonds is 2. The monoisotopic (exact) mass is 434 g/mol. The molecule has 0 aliphatic carbocycles. The van der Waals surface area contributed by atoms with Gasteiger partial charge < -0.3 is 0 Å². The Bertz CT molecular complexity index is 658. The molecule has 0 unspecified atom stereocenters. The van der Waals surface area contributed by atoms with Gasteiger partial charge in [-0.05, 0) is 11.6 Å². The summed E-state index contributed by atoms with van der Waals surface area (Å²) in [6, 6.07) is 4.70. The maximum absolute atomic E-state index is 14.2. The van der Waals surface area contributed by atoms with E-state index in [0.29, 0.717) is 5.33 Å². The van der Waals surface area contributed by atoms with Crippen molar-refractivity contribution >= 4 is 73.9 Å². The smallest absolute Gasteiger partial charge is 0.131 e. The van der Waals surface area contributed by atoms with Gasteiger partial charge in [-0.15, -0.1) is 0 Å². The molecule has 0 atom stereocenters. The minimum absolute atomic E-state index is 0.0432. The van der Waals surface area contributed by atoms with E-state index >= 15 is 0 Å². The summed E-state index contributed by atoms with van der Waals surface area (Å²) in [7, 11) is 0. The molecule has 0 saturated heterocycles. The van der Waals surface area contributed by atoms with Crippen molar-refractivity contribution in [3.63, 3.8) is 0 Å². The van der Waals surface area contributed by atoms with E-state index in [-0.39, 0.29) is 36.2 Å². The van der Waals surface area contributed by atoms with Gasteiger partial charge in [0.2, 0.25) is 0 Å². The van der Waals surface area contributed by atoms with Gasteiger partial charge in [-0.25, -0.2) is 4.39 Å². The van der Waals surface area contributed by atoms with Gasteiger partial charge in [0.25, 0.3) is 0 Å². The van der Waals surface area contributed by atoms with Crippen LogP contribution in [0.4, 0.5) is 4.39 Å². The molecule has 0 nitrogen and oxygen atoms in total. The Morgan fingerprint density at radius 3 is 1.80 bits per heavy atom. The summed E-state index contributed by atoms with van der Waals surface area (Å²) >= 11 is 33.4. The minimum atomic E-state index is -0.472. The van der Waals surface area contributed by atoms with E-state index in [1.165, 1.54) is 6.07 Å². The molecule has 2 aromatic rings. The van der Waals surface area contributed by atoms with E-state index in [1.54, 1.807) is 12.1 Å². The van der Waals surface area contributed by atoms with E-state index in [1.807, 2.05) is 0 Å². The van der Waals surface area contributed by atoms with Crippen molar-refractivity contribution in [2.24, 2.45) is 0 Å². The Kier molecular flexibility index (Phi) is 5.50. The van der Waals surface area contributed by atoms with Crippen molar-refractivity contribution in [2.45, 2.75) is 5.33 Å². The van der Waals surface area contributed by atoms with Crippen LogP contribution in [0.3, 0.4) is 0 Å². The first-order valence-electron chi connectivity index (χ1n) is 5.24. The molecule has 0 aliphatic heterocycles. The van der Waals surface area contributed by atoms with Crippen LogP contribution >= 0.6 is 73.9 Å². The van der Waals surface area contributed by atoms with Gasteiger partial charge in [0.1, 0.15) is 5.82 Å². The SMILES string of the molecule is Fc1cc(CBr)ccc1-c1c(Cl)c(Cl)c(Cl)c(Cl)c1Cl. The van der Waals surface area contributed by atoms with Crippen molar-refractivity contribution < 1.29 is 4.39 Å². The van der Waals surface area contributed by atoms with Crippen LogP contribution in [0.2, 0.25) is 25.1 Å². The molecule has 0 radical (unpaired) electrons. The summed E-state index contributed by atoms with van der Waals surface area (Å²) in [5, 5.41) is 0.800. The van der Waals surface area contributed by atoms with Gasteiger partial charge in [0.05, 0.1) is 25.1 Å². The van der Waals surface area contributed by atoms with Crippen LogP contribution in [-0.4, -0.2) is 0 Å². The van der Waals surface area contributed by atoms with Crippen molar-refractivity contribution in [1.29, 1.82) is 0 Å². The first kappa shape index (κ1) is 16.7. The third-order valence-electron chi connectivity index (χ3n) is 2.67. The predicted molar refractivity (Wildman–Crippen MR) is 89.5 cm³/mol. The van der Waals surface area contributed by atoms with Gasteiger partial charge in [-0.3, -0.25) is 0 Å². The quantitative estimate of drug-likeness (QED) is 0.257. The van der Waals surface area contributed by atoms with E-state index in [0.717, 1.165) is 5.56 Å². The lowest BCUT2D eigenvalue weighted by Crippen LogP contribution is -1.91. The Morgan fingerprint density at radius 2 is 1.35 bits per heavy atom. The van der Waals surface area contributed by atoms with E-state index in [9.17, 15) is 4.39 Å². The number of alkyl halides is 1. The van der Waals surface area contributed by atoms with Crippen molar-refractivity contribution in [2.75, 3.05) is 0 Å². The Hall–Kier alpha value is 0.300. The number of benzene rings is 2. The molecular weight excluding hydrogens is 432 g/mol. The lowest BCUT2D eigenvalue weighted by atomic mass is 10.0. The van der Waals surface area contributed by atoms with Crippen molar-refractivity contribution in [1.82, 2.24) is 0 Å². The number of halogens is 7. The fourth-order valence-electron chi connectivity index (χ4n) is 1.69. The zero-order valence-electron chi connectivity index (χ0n) is 9.58. The third-order valence-corrected chi connectivity index (χ3v) is 5.59. The van der Waals surface area contributed by atoms with E-state index < -0.39 is 5.82 Å². The highest BCUT2D eigenvalue weighted by Crippen LogP contribution is 2.48. The van der Waals surface area contributed by atoms with Gasteiger partial charge in [-0.2, -0.15) is 0 Å². The maximum Gasteiger partial charge on any atom is 0.131 e. The molecule has 2 rings (SSSR count). The molecular formula is C13H5BrCl5F. The molecule has 0 fully saturated rings. The predicted octanol–water partition coefficient (Wildman–Crippen LogP) is 7.65. The molecule has 0 aromatic heterocycles. The maximum atomic E-state index is 14.2. The lowest BCUT2D eigenvalue weighted by molar-refractivity contribution is 0.630. The fraction of sp³-hybridized carbons (Fsp3) is 0.0769. The second kappa shape index (κ2) is 6.60. The van der Waals surface area contributed by atoms with E-state index in [2.05, 4.69) is 15.9 Å². The molecule has 0 heterocycles. The topological polar surface area (TPSA) is 0 Å². The second-order valence-electron chi connectivity index (χ2n) is 3.89. The summed E-state index contributed by atoms with van der Waals surface area (Å²) < 4.78 is 14.2. The van der Waals surface area contributed by atoms with Crippen LogP contribution in [0.5, 0.6) is 0 Å². The largest absolute Gasteiger partial charge is 0.206 e. The summed E-state index contributed by atoms with van der Waals surface area (Å²) in [5.74, 6) is -0.472. The zero-order valence-corrected chi connectivity index (χ0v) is 15.0. The van der Waals surface area contributed by atoms with Crippen molar-refractivity contribution in [3.8, 4) is 11.1 Å². The van der Waals surface area contributed by atoms with Gasteiger partial charge in [-0.1, -0.05) is 86.1 Å². The number of hydrogen-bond acceptors (Lipinski definition) is 0. The summed E-state index contributed by atoms with van der Waals surface area (Å²) in [6.45, 7) is 0. The standard InChI is InChI=1S/C13H5BrCl5F/c14-4-5-1-2-6(7(20)3-5)8-9(15)11(17)13(19)12(18)10(8)16/h1-3H,4H2. The third kappa shape index (κ3) is 2.92. The minimum Gasteiger partial charge on any atom is -0.206 e. The molecule has 0 amide bonds. The highest BCUT2D eigenvalue weighted by molar-refractivity contribution is 9.08. The fourth-order valence-corrected chi connectivity index (χ4v) is 3.38. The summed E-state index contributed by atoms with van der Waals surface area (Å²) in [4.78, 5) is 0. The number of hydrogen-bond donors (Lipinski definition) is 0. The molecule has 0 bridgehead atoms. The van der Waals surface area contributed by atoms with Gasteiger partial charge in [0, 0.05) is 16.5 Å². The lowest BCUT2D eigenvalue weighted by Gasteiger charge is -2.13. The molecule has 0 saturated carbocycles. The average Bonchev–Trinajstić information content (AvgIpc) is 2.44. The second-order valence-corrected chi connectivity index (χ2v) is 6.34. The zero-order chi connectivity index (χ0) is 15.0. The van der Waals surface area contributed by atoms with Crippen LogP contribution in [0, 0.1) is 5.82 Å². The summed E-state index contributed by atoms with van der Waals surface area (Å²) in [5.41, 5.74) is 1.22. The Balaban J connectivity index is 2.76. The van der Waals surface area contributed by atoms with Crippen LogP contribution in [0.1, 0.15) is 5.56 Å². The van der Waals surface area contributed by atoms with Gasteiger partial charge in [0.15, 0.2) is 0 Å². The molecule has 106 valence electrons. The van der Waals surface area contributed by atoms with Crippen molar-refractivity contribution in [3.05, 3.63) is 54.7 Å². The van der Waals surface area contributed by atoms with Crippen LogP contribution in [-0.2, 0) is 5.33 Å². The average molecular weight is 437 g/mol. The Labute approximate surface area is 148 Å². The molecule has 7 heteroatoms. The molecule has 2 aromatic carbocycles.